The zero-order chi connectivity index (χ0) is 11.4. The third-order valence-corrected chi connectivity index (χ3v) is 2.45. The third-order valence-electron chi connectivity index (χ3n) is 2.45. The number of nitrogens with two attached hydrogens (primary N) is 1. The van der Waals surface area contributed by atoms with E-state index in [1.807, 2.05) is 19.9 Å². The summed E-state index contributed by atoms with van der Waals surface area (Å²) >= 11 is 0. The summed E-state index contributed by atoms with van der Waals surface area (Å²) in [5, 5.41) is 0. The summed E-state index contributed by atoms with van der Waals surface area (Å²) in [6.07, 6.45) is 0. The van der Waals surface area contributed by atoms with Crippen molar-refractivity contribution in [3.05, 3.63) is 22.8 Å². The Labute approximate surface area is 89.9 Å². The summed E-state index contributed by atoms with van der Waals surface area (Å²) in [4.78, 5) is 4.67. The average molecular weight is 211 g/mol. The number of hydrogen-bond donors (Lipinski definition) is 1. The van der Waals surface area contributed by atoms with Gasteiger partial charge in [0.05, 0.1) is 20.8 Å². The number of ether oxygens (including phenoxy) is 2. The van der Waals surface area contributed by atoms with Gasteiger partial charge < -0.3 is 9.47 Å². The molecule has 0 atom stereocenters. The first-order valence-electron chi connectivity index (χ1n) is 4.68. The minimum absolute atomic E-state index is 0.313. The molecule has 0 saturated heterocycles. The molecular formula is C11H17NO3. The second kappa shape index (κ2) is 5.00. The van der Waals surface area contributed by atoms with E-state index in [1.54, 1.807) is 14.2 Å². The SMILES string of the molecule is COc1cc(C)c(OC)c(CON)c1C. The van der Waals surface area contributed by atoms with Crippen molar-refractivity contribution in [1.29, 1.82) is 0 Å². The Hall–Kier alpha value is -1.26. The Morgan fingerprint density at radius 1 is 1.20 bits per heavy atom. The molecule has 0 amide bonds. The smallest absolute Gasteiger partial charge is 0.127 e. The van der Waals surface area contributed by atoms with Crippen molar-refractivity contribution in [2.24, 2.45) is 5.90 Å². The van der Waals surface area contributed by atoms with Crippen LogP contribution >= 0.6 is 0 Å². The molecule has 0 bridgehead atoms. The maximum Gasteiger partial charge on any atom is 0.127 e. The van der Waals surface area contributed by atoms with Gasteiger partial charge in [0.1, 0.15) is 11.5 Å². The molecule has 15 heavy (non-hydrogen) atoms. The van der Waals surface area contributed by atoms with Crippen LogP contribution < -0.4 is 15.4 Å². The molecule has 1 aromatic carbocycles. The van der Waals surface area contributed by atoms with E-state index in [4.69, 9.17) is 15.4 Å². The molecule has 0 aliphatic rings. The molecule has 1 aromatic rings. The molecule has 0 radical (unpaired) electrons. The van der Waals surface area contributed by atoms with Gasteiger partial charge in [-0.25, -0.2) is 5.90 Å². The lowest BCUT2D eigenvalue weighted by molar-refractivity contribution is 0.121. The molecule has 0 spiro atoms. The molecule has 0 aliphatic carbocycles. The van der Waals surface area contributed by atoms with E-state index in [1.165, 1.54) is 0 Å². The maximum atomic E-state index is 5.32. The Bertz CT molecular complexity index is 350. The van der Waals surface area contributed by atoms with Gasteiger partial charge in [0.25, 0.3) is 0 Å². The van der Waals surface area contributed by atoms with Gasteiger partial charge in [-0.15, -0.1) is 0 Å². The van der Waals surface area contributed by atoms with Gasteiger partial charge >= 0.3 is 0 Å². The highest BCUT2D eigenvalue weighted by atomic mass is 16.6. The van der Waals surface area contributed by atoms with Gasteiger partial charge in [0.15, 0.2) is 0 Å². The summed E-state index contributed by atoms with van der Waals surface area (Å²) in [6, 6.07) is 1.94. The second-order valence-electron chi connectivity index (χ2n) is 3.34. The number of aryl methyl sites for hydroxylation is 1. The van der Waals surface area contributed by atoms with Crippen LogP contribution in [0.25, 0.3) is 0 Å². The molecule has 0 aromatic heterocycles. The summed E-state index contributed by atoms with van der Waals surface area (Å²) < 4.78 is 10.6. The van der Waals surface area contributed by atoms with Crippen molar-refractivity contribution >= 4 is 0 Å². The maximum absolute atomic E-state index is 5.32. The van der Waals surface area contributed by atoms with E-state index in [-0.39, 0.29) is 0 Å². The Morgan fingerprint density at radius 2 is 1.87 bits per heavy atom. The minimum atomic E-state index is 0.313. The number of methoxy groups -OCH3 is 2. The fourth-order valence-electron chi connectivity index (χ4n) is 1.68. The summed E-state index contributed by atoms with van der Waals surface area (Å²) in [7, 11) is 3.27. The topological polar surface area (TPSA) is 53.7 Å². The van der Waals surface area contributed by atoms with Gasteiger partial charge in [-0.2, -0.15) is 0 Å². The van der Waals surface area contributed by atoms with Crippen LogP contribution in [0.5, 0.6) is 11.5 Å². The molecule has 2 N–H and O–H groups in total. The lowest BCUT2D eigenvalue weighted by atomic mass is 10.0. The quantitative estimate of drug-likeness (QED) is 0.770. The predicted octanol–water partition coefficient (Wildman–Crippen LogP) is 1.71. The molecule has 4 nitrogen and oxygen atoms in total. The largest absolute Gasteiger partial charge is 0.496 e. The minimum Gasteiger partial charge on any atom is -0.496 e. The number of benzene rings is 1. The van der Waals surface area contributed by atoms with Crippen LogP contribution in [-0.4, -0.2) is 14.2 Å². The monoisotopic (exact) mass is 211 g/mol. The zero-order valence-electron chi connectivity index (χ0n) is 9.59. The normalized spacial score (nSPS) is 10.2. The molecular weight excluding hydrogens is 194 g/mol. The first-order valence-corrected chi connectivity index (χ1v) is 4.68. The third kappa shape index (κ3) is 2.22. The first-order chi connectivity index (χ1) is 7.15. The fourth-order valence-corrected chi connectivity index (χ4v) is 1.68. The fraction of sp³-hybridized carbons (Fsp3) is 0.455. The number of rotatable bonds is 4. The lowest BCUT2D eigenvalue weighted by Crippen LogP contribution is -2.05. The van der Waals surface area contributed by atoms with E-state index in [9.17, 15) is 0 Å². The van der Waals surface area contributed by atoms with E-state index in [0.29, 0.717) is 6.61 Å². The molecule has 0 fully saturated rings. The van der Waals surface area contributed by atoms with Crippen molar-refractivity contribution in [3.63, 3.8) is 0 Å². The highest BCUT2D eigenvalue weighted by molar-refractivity contribution is 5.52. The van der Waals surface area contributed by atoms with Gasteiger partial charge in [-0.05, 0) is 25.5 Å². The van der Waals surface area contributed by atoms with Crippen molar-refractivity contribution in [2.75, 3.05) is 14.2 Å². The van der Waals surface area contributed by atoms with Crippen LogP contribution in [0.3, 0.4) is 0 Å². The van der Waals surface area contributed by atoms with Gasteiger partial charge in [-0.3, -0.25) is 4.84 Å². The summed E-state index contributed by atoms with van der Waals surface area (Å²) in [6.45, 7) is 4.23. The molecule has 0 heterocycles. The van der Waals surface area contributed by atoms with Crippen molar-refractivity contribution in [2.45, 2.75) is 20.5 Å². The molecule has 84 valence electrons. The molecule has 0 saturated carbocycles. The molecule has 0 unspecified atom stereocenters. The standard InChI is InChI=1S/C11H17NO3/c1-7-5-10(13-3)8(2)9(6-15-12)11(7)14-4/h5H,6,12H2,1-4H3. The van der Waals surface area contributed by atoms with Gasteiger partial charge in [0, 0.05) is 11.1 Å². The lowest BCUT2D eigenvalue weighted by Gasteiger charge is -2.16. The number of hydrogen-bond acceptors (Lipinski definition) is 4. The van der Waals surface area contributed by atoms with Crippen LogP contribution in [0.15, 0.2) is 6.07 Å². The second-order valence-corrected chi connectivity index (χ2v) is 3.34. The summed E-state index contributed by atoms with van der Waals surface area (Å²) in [5.41, 5.74) is 2.93. The van der Waals surface area contributed by atoms with Crippen LogP contribution in [0.2, 0.25) is 0 Å². The van der Waals surface area contributed by atoms with Crippen molar-refractivity contribution in [1.82, 2.24) is 0 Å². The molecule has 0 aliphatic heterocycles. The van der Waals surface area contributed by atoms with Crippen molar-refractivity contribution < 1.29 is 14.3 Å². The molecule has 1 rings (SSSR count). The van der Waals surface area contributed by atoms with Gasteiger partial charge in [0.2, 0.25) is 0 Å². The summed E-state index contributed by atoms with van der Waals surface area (Å²) in [5.74, 6) is 6.72. The Kier molecular flexibility index (Phi) is 3.94. The molecule has 4 heteroatoms. The van der Waals surface area contributed by atoms with Crippen LogP contribution in [0.1, 0.15) is 16.7 Å². The predicted molar refractivity (Wildman–Crippen MR) is 58.0 cm³/mol. The van der Waals surface area contributed by atoms with Crippen LogP contribution in [-0.2, 0) is 11.4 Å². The highest BCUT2D eigenvalue weighted by Crippen LogP contribution is 2.33. The first kappa shape index (κ1) is 11.8. The highest BCUT2D eigenvalue weighted by Gasteiger charge is 2.14. The zero-order valence-corrected chi connectivity index (χ0v) is 9.59. The van der Waals surface area contributed by atoms with Gasteiger partial charge in [-0.1, -0.05) is 0 Å². The van der Waals surface area contributed by atoms with Crippen LogP contribution in [0.4, 0.5) is 0 Å². The van der Waals surface area contributed by atoms with E-state index in [2.05, 4.69) is 4.84 Å². The Balaban J connectivity index is 3.33. The van der Waals surface area contributed by atoms with E-state index >= 15 is 0 Å². The van der Waals surface area contributed by atoms with E-state index < -0.39 is 0 Å². The average Bonchev–Trinajstić information content (AvgIpc) is 2.23. The van der Waals surface area contributed by atoms with E-state index in [0.717, 1.165) is 28.2 Å². The Morgan fingerprint density at radius 3 is 2.33 bits per heavy atom. The van der Waals surface area contributed by atoms with Crippen LogP contribution in [0, 0.1) is 13.8 Å². The van der Waals surface area contributed by atoms with Crippen molar-refractivity contribution in [3.8, 4) is 11.5 Å².